The van der Waals surface area contributed by atoms with E-state index < -0.39 is 0 Å². The summed E-state index contributed by atoms with van der Waals surface area (Å²) in [5, 5.41) is 5.13. The number of fused-ring (bicyclic) bond motifs is 1. The Kier molecular flexibility index (Phi) is 5.57. The van der Waals surface area contributed by atoms with Crippen molar-refractivity contribution in [2.45, 2.75) is 20.5 Å². The molecular formula is C24H21N3O3. The van der Waals surface area contributed by atoms with E-state index in [0.29, 0.717) is 23.6 Å². The number of nitrogens with one attached hydrogen (secondary N) is 1. The molecule has 0 radical (unpaired) electrons. The number of amides is 1. The van der Waals surface area contributed by atoms with Gasteiger partial charge in [-0.25, -0.2) is 5.43 Å². The molecule has 0 bridgehead atoms. The van der Waals surface area contributed by atoms with Crippen LogP contribution in [-0.4, -0.2) is 16.6 Å². The third-order valence-corrected chi connectivity index (χ3v) is 4.63. The number of carbonyl (C=O) groups excluding carboxylic acids is 1. The Morgan fingerprint density at radius 2 is 1.87 bits per heavy atom. The standard InChI is InChI=1S/C24H21N3O3/c1-16-8-13-21(30-16)17(2)26-27-24(28)20-11-9-18(10-12-20)15-29-22-7-3-5-19-6-4-14-25-23(19)22/h3-14H,15H2,1-2H3,(H,27,28). The molecule has 0 atom stereocenters. The number of aryl methyl sites for hydroxylation is 1. The van der Waals surface area contributed by atoms with Crippen LogP contribution in [0, 0.1) is 6.92 Å². The Balaban J connectivity index is 1.38. The first kappa shape index (κ1) is 19.4. The van der Waals surface area contributed by atoms with Crippen LogP contribution in [0.15, 0.2) is 82.4 Å². The lowest BCUT2D eigenvalue weighted by Gasteiger charge is -2.09. The Morgan fingerprint density at radius 1 is 1.07 bits per heavy atom. The van der Waals surface area contributed by atoms with Gasteiger partial charge in [-0.05, 0) is 55.8 Å². The van der Waals surface area contributed by atoms with Crippen LogP contribution < -0.4 is 10.2 Å². The molecule has 2 aromatic heterocycles. The number of pyridine rings is 1. The predicted molar refractivity (Wildman–Crippen MR) is 116 cm³/mol. The average Bonchev–Trinajstić information content (AvgIpc) is 3.22. The van der Waals surface area contributed by atoms with Crippen molar-refractivity contribution in [2.24, 2.45) is 5.10 Å². The summed E-state index contributed by atoms with van der Waals surface area (Å²) in [4.78, 5) is 16.7. The molecule has 4 rings (SSSR count). The van der Waals surface area contributed by atoms with Gasteiger partial charge >= 0.3 is 0 Å². The first-order valence-corrected chi connectivity index (χ1v) is 9.57. The van der Waals surface area contributed by atoms with Gasteiger partial charge in [0.1, 0.15) is 35.1 Å². The smallest absolute Gasteiger partial charge is 0.271 e. The summed E-state index contributed by atoms with van der Waals surface area (Å²) >= 11 is 0. The lowest BCUT2D eigenvalue weighted by atomic mass is 10.1. The maximum absolute atomic E-state index is 12.3. The minimum Gasteiger partial charge on any atom is -0.487 e. The molecule has 0 aliphatic heterocycles. The van der Waals surface area contributed by atoms with Crippen molar-refractivity contribution >= 4 is 22.5 Å². The van der Waals surface area contributed by atoms with Crippen LogP contribution in [0.3, 0.4) is 0 Å². The molecule has 0 aliphatic carbocycles. The highest BCUT2D eigenvalue weighted by atomic mass is 16.5. The zero-order valence-electron chi connectivity index (χ0n) is 16.8. The zero-order valence-corrected chi connectivity index (χ0v) is 16.8. The van der Waals surface area contributed by atoms with Crippen molar-refractivity contribution in [1.82, 2.24) is 10.4 Å². The monoisotopic (exact) mass is 399 g/mol. The summed E-state index contributed by atoms with van der Waals surface area (Å²) in [6.45, 7) is 4.02. The van der Waals surface area contributed by atoms with E-state index in [1.54, 1.807) is 25.3 Å². The van der Waals surface area contributed by atoms with Crippen LogP contribution in [0.5, 0.6) is 5.75 Å². The van der Waals surface area contributed by atoms with Gasteiger partial charge in [0.25, 0.3) is 5.91 Å². The summed E-state index contributed by atoms with van der Waals surface area (Å²) in [5.74, 6) is 1.86. The largest absolute Gasteiger partial charge is 0.487 e. The van der Waals surface area contributed by atoms with Crippen molar-refractivity contribution < 1.29 is 13.9 Å². The van der Waals surface area contributed by atoms with Crippen molar-refractivity contribution in [3.63, 3.8) is 0 Å². The Morgan fingerprint density at radius 3 is 2.63 bits per heavy atom. The SMILES string of the molecule is CC(=NNC(=O)c1ccc(COc2cccc3cccnc23)cc1)c1ccc(C)o1. The number of hydrazone groups is 1. The van der Waals surface area contributed by atoms with Gasteiger partial charge in [-0.3, -0.25) is 9.78 Å². The van der Waals surface area contributed by atoms with Gasteiger partial charge in [0, 0.05) is 17.1 Å². The normalized spacial score (nSPS) is 11.5. The lowest BCUT2D eigenvalue weighted by molar-refractivity contribution is 0.0954. The van der Waals surface area contributed by atoms with Gasteiger partial charge in [-0.15, -0.1) is 0 Å². The third-order valence-electron chi connectivity index (χ3n) is 4.63. The zero-order chi connectivity index (χ0) is 20.9. The van der Waals surface area contributed by atoms with Crippen molar-refractivity contribution in [1.29, 1.82) is 0 Å². The first-order valence-electron chi connectivity index (χ1n) is 9.57. The molecule has 2 heterocycles. The Bertz CT molecular complexity index is 1200. The second-order valence-corrected chi connectivity index (χ2v) is 6.87. The number of aromatic nitrogens is 1. The van der Waals surface area contributed by atoms with E-state index in [0.717, 1.165) is 28.0 Å². The van der Waals surface area contributed by atoms with Gasteiger partial charge in [0.15, 0.2) is 0 Å². The van der Waals surface area contributed by atoms with Gasteiger partial charge in [-0.2, -0.15) is 5.10 Å². The van der Waals surface area contributed by atoms with Crippen LogP contribution in [0.2, 0.25) is 0 Å². The number of furan rings is 1. The fourth-order valence-electron chi connectivity index (χ4n) is 2.99. The summed E-state index contributed by atoms with van der Waals surface area (Å²) < 4.78 is 11.4. The number of rotatable bonds is 6. The van der Waals surface area contributed by atoms with E-state index in [9.17, 15) is 4.79 Å². The van der Waals surface area contributed by atoms with Gasteiger partial charge in [-0.1, -0.05) is 30.3 Å². The topological polar surface area (TPSA) is 76.7 Å². The molecule has 0 spiro atoms. The molecule has 2 aromatic carbocycles. The second kappa shape index (κ2) is 8.61. The van der Waals surface area contributed by atoms with Gasteiger partial charge < -0.3 is 9.15 Å². The molecule has 0 fully saturated rings. The van der Waals surface area contributed by atoms with Crippen molar-refractivity contribution in [3.05, 3.63) is 95.6 Å². The minimum atomic E-state index is -0.289. The number of para-hydroxylation sites is 1. The van der Waals surface area contributed by atoms with E-state index in [1.807, 2.05) is 61.5 Å². The van der Waals surface area contributed by atoms with Crippen LogP contribution in [0.1, 0.15) is 34.4 Å². The highest BCUT2D eigenvalue weighted by Crippen LogP contribution is 2.23. The van der Waals surface area contributed by atoms with E-state index >= 15 is 0 Å². The summed E-state index contributed by atoms with van der Waals surface area (Å²) in [7, 11) is 0. The average molecular weight is 399 g/mol. The number of hydrogen-bond donors (Lipinski definition) is 1. The molecule has 1 amide bonds. The first-order chi connectivity index (χ1) is 14.6. The fourth-order valence-corrected chi connectivity index (χ4v) is 2.99. The summed E-state index contributed by atoms with van der Waals surface area (Å²) in [6, 6.07) is 20.6. The Labute approximate surface area is 174 Å². The molecule has 30 heavy (non-hydrogen) atoms. The van der Waals surface area contributed by atoms with Gasteiger partial charge in [0.2, 0.25) is 0 Å². The van der Waals surface area contributed by atoms with Crippen LogP contribution in [0.25, 0.3) is 10.9 Å². The molecule has 0 unspecified atom stereocenters. The maximum Gasteiger partial charge on any atom is 0.271 e. The van der Waals surface area contributed by atoms with Gasteiger partial charge in [0.05, 0.1) is 0 Å². The quantitative estimate of drug-likeness (QED) is 0.371. The highest BCUT2D eigenvalue weighted by molar-refractivity contribution is 5.99. The minimum absolute atomic E-state index is 0.289. The van der Waals surface area contributed by atoms with E-state index in [-0.39, 0.29) is 5.91 Å². The highest BCUT2D eigenvalue weighted by Gasteiger charge is 2.08. The predicted octanol–water partition coefficient (Wildman–Crippen LogP) is 4.87. The maximum atomic E-state index is 12.3. The van der Waals surface area contributed by atoms with Crippen LogP contribution in [-0.2, 0) is 6.61 Å². The van der Waals surface area contributed by atoms with Crippen molar-refractivity contribution in [2.75, 3.05) is 0 Å². The van der Waals surface area contributed by atoms with E-state index in [1.165, 1.54) is 0 Å². The number of ether oxygens (including phenoxy) is 1. The molecule has 6 heteroatoms. The summed E-state index contributed by atoms with van der Waals surface area (Å²) in [5.41, 5.74) is 5.45. The van der Waals surface area contributed by atoms with E-state index in [4.69, 9.17) is 9.15 Å². The molecule has 150 valence electrons. The molecule has 6 nitrogen and oxygen atoms in total. The Hall–Kier alpha value is -3.93. The molecule has 0 saturated carbocycles. The number of hydrogen-bond acceptors (Lipinski definition) is 5. The fraction of sp³-hybridized carbons (Fsp3) is 0.125. The molecule has 1 N–H and O–H groups in total. The molecule has 0 aliphatic rings. The number of nitrogens with zero attached hydrogens (tertiary/aromatic N) is 2. The summed E-state index contributed by atoms with van der Waals surface area (Å²) in [6.07, 6.45) is 1.75. The van der Waals surface area contributed by atoms with Crippen LogP contribution >= 0.6 is 0 Å². The van der Waals surface area contributed by atoms with Crippen molar-refractivity contribution in [3.8, 4) is 5.75 Å². The molecule has 0 saturated heterocycles. The lowest BCUT2D eigenvalue weighted by Crippen LogP contribution is -2.19. The van der Waals surface area contributed by atoms with E-state index in [2.05, 4.69) is 15.5 Å². The third kappa shape index (κ3) is 4.38. The molecular weight excluding hydrogens is 378 g/mol. The number of benzene rings is 2. The number of carbonyl (C=O) groups is 1. The van der Waals surface area contributed by atoms with Crippen LogP contribution in [0.4, 0.5) is 0 Å². The molecule has 4 aromatic rings. The second-order valence-electron chi connectivity index (χ2n) is 6.87.